The lowest BCUT2D eigenvalue weighted by atomic mass is 10.2. The summed E-state index contributed by atoms with van der Waals surface area (Å²) < 4.78 is 34.9. The van der Waals surface area contributed by atoms with E-state index in [-0.39, 0.29) is 27.4 Å². The van der Waals surface area contributed by atoms with E-state index < -0.39 is 22.1 Å². The maximum Gasteiger partial charge on any atom is 0.344 e. The molecular formula is C16H17Cl2N3O6S. The number of aliphatic carboxylic acids is 1. The number of hydrogen-bond donors (Lipinski definition) is 2. The number of nitrogens with two attached hydrogens (primary N) is 1. The minimum absolute atomic E-state index is 0.0523. The number of aromatic nitrogens is 2. The second-order valence-electron chi connectivity index (χ2n) is 5.73. The first-order valence-corrected chi connectivity index (χ1v) is 10.1. The van der Waals surface area contributed by atoms with Gasteiger partial charge in [0.15, 0.2) is 11.9 Å². The van der Waals surface area contributed by atoms with Crippen LogP contribution in [0.5, 0.6) is 17.4 Å². The fraction of sp³-hybridized carbons (Fsp3) is 0.250. The van der Waals surface area contributed by atoms with Crippen molar-refractivity contribution in [1.29, 1.82) is 0 Å². The summed E-state index contributed by atoms with van der Waals surface area (Å²) in [6, 6.07) is 2.67. The van der Waals surface area contributed by atoms with Gasteiger partial charge in [0.05, 0.1) is 21.3 Å². The Labute approximate surface area is 171 Å². The van der Waals surface area contributed by atoms with Crippen molar-refractivity contribution >= 4 is 45.3 Å². The van der Waals surface area contributed by atoms with Crippen LogP contribution >= 0.6 is 23.2 Å². The van der Waals surface area contributed by atoms with Gasteiger partial charge in [-0.15, -0.1) is 0 Å². The molecule has 0 fully saturated rings. The molecule has 0 radical (unpaired) electrons. The molecule has 152 valence electrons. The number of rotatable bonds is 7. The number of carbonyl (C=O) groups is 1. The Kier molecular flexibility index (Phi) is 6.60. The van der Waals surface area contributed by atoms with Crippen LogP contribution in [0.15, 0.2) is 17.5 Å². The fourth-order valence-corrected chi connectivity index (χ4v) is 2.95. The molecule has 12 heteroatoms. The van der Waals surface area contributed by atoms with Crippen molar-refractivity contribution in [2.75, 3.05) is 0 Å². The van der Waals surface area contributed by atoms with Crippen LogP contribution in [0.2, 0.25) is 10.0 Å². The first kappa shape index (κ1) is 22.0. The molecule has 0 aliphatic rings. The second-order valence-corrected chi connectivity index (χ2v) is 8.00. The van der Waals surface area contributed by atoms with Crippen molar-refractivity contribution in [3.05, 3.63) is 38.8 Å². The molecule has 1 aromatic heterocycles. The highest BCUT2D eigenvalue weighted by Crippen LogP contribution is 2.39. The topological polar surface area (TPSA) is 134 Å². The molecule has 0 bridgehead atoms. The van der Waals surface area contributed by atoms with Crippen LogP contribution < -0.4 is 14.6 Å². The highest BCUT2D eigenvalue weighted by atomic mass is 35.5. The van der Waals surface area contributed by atoms with E-state index in [0.717, 1.165) is 5.41 Å². The zero-order valence-corrected chi connectivity index (χ0v) is 17.3. The third-order valence-electron chi connectivity index (χ3n) is 3.48. The van der Waals surface area contributed by atoms with Crippen molar-refractivity contribution in [1.82, 2.24) is 9.78 Å². The number of carboxylic acids is 1. The molecule has 1 atom stereocenters. The zero-order valence-electron chi connectivity index (χ0n) is 15.0. The van der Waals surface area contributed by atoms with Gasteiger partial charge in [0.25, 0.3) is 0 Å². The number of aryl methyl sites for hydroxylation is 2. The first-order valence-electron chi connectivity index (χ1n) is 7.70. The normalized spacial score (nSPS) is 12.9. The summed E-state index contributed by atoms with van der Waals surface area (Å²) in [6.45, 7) is 3.00. The number of carboxylic acid groups (broad SMARTS) is 1. The van der Waals surface area contributed by atoms with Crippen molar-refractivity contribution < 1.29 is 27.8 Å². The lowest BCUT2D eigenvalue weighted by Gasteiger charge is -2.15. The van der Waals surface area contributed by atoms with Gasteiger partial charge in [-0.05, 0) is 26.0 Å². The predicted octanol–water partition coefficient (Wildman–Crippen LogP) is 2.94. The molecule has 0 amide bonds. The average molecular weight is 450 g/mol. The minimum Gasteiger partial charge on any atom is -0.479 e. The van der Waals surface area contributed by atoms with Gasteiger partial charge in [-0.2, -0.15) is 5.10 Å². The van der Waals surface area contributed by atoms with Crippen LogP contribution in [-0.2, 0) is 21.9 Å². The van der Waals surface area contributed by atoms with E-state index in [1.54, 1.807) is 14.0 Å². The fourth-order valence-electron chi connectivity index (χ4n) is 2.15. The summed E-state index contributed by atoms with van der Waals surface area (Å²) in [4.78, 5) is 11.0. The Morgan fingerprint density at radius 2 is 1.93 bits per heavy atom. The van der Waals surface area contributed by atoms with E-state index in [2.05, 4.69) is 5.10 Å². The Morgan fingerprint density at radius 3 is 2.50 bits per heavy atom. The van der Waals surface area contributed by atoms with Crippen LogP contribution in [-0.4, -0.2) is 35.4 Å². The summed E-state index contributed by atoms with van der Waals surface area (Å²) >= 11 is 12.2. The summed E-state index contributed by atoms with van der Waals surface area (Å²) in [6.07, 6.45) is 0.0968. The molecule has 3 N–H and O–H groups in total. The highest BCUT2D eigenvalue weighted by Gasteiger charge is 2.20. The molecule has 0 aliphatic carbocycles. The number of nitrogens with zero attached hydrogens (tertiary/aromatic N) is 2. The van der Waals surface area contributed by atoms with E-state index in [9.17, 15) is 13.2 Å². The lowest BCUT2D eigenvalue weighted by Crippen LogP contribution is -2.23. The molecule has 1 heterocycles. The van der Waals surface area contributed by atoms with Gasteiger partial charge >= 0.3 is 5.97 Å². The van der Waals surface area contributed by atoms with E-state index in [0.29, 0.717) is 11.3 Å². The van der Waals surface area contributed by atoms with Crippen LogP contribution in [0.1, 0.15) is 18.2 Å². The number of ether oxygens (including phenoxy) is 2. The second kappa shape index (κ2) is 8.39. The Balaban J connectivity index is 2.46. The van der Waals surface area contributed by atoms with Gasteiger partial charge in [0.2, 0.25) is 15.9 Å². The number of hydrogen-bond acceptors (Lipinski definition) is 6. The SMILES string of the molecule is Cc1nn(C)c(Oc2cc(O[C@@H](C)C(=O)O)c(Cl)cc2Cl)c1C=CS(N)(=O)=O. The predicted molar refractivity (Wildman–Crippen MR) is 104 cm³/mol. The quantitative estimate of drug-likeness (QED) is 0.663. The maximum atomic E-state index is 11.2. The third-order valence-corrected chi connectivity index (χ3v) is 4.59. The summed E-state index contributed by atoms with van der Waals surface area (Å²) in [5.74, 6) is -0.839. The van der Waals surface area contributed by atoms with Gasteiger partial charge in [0, 0.05) is 18.5 Å². The van der Waals surface area contributed by atoms with E-state index in [1.165, 1.54) is 29.8 Å². The molecule has 28 heavy (non-hydrogen) atoms. The Morgan fingerprint density at radius 1 is 1.32 bits per heavy atom. The van der Waals surface area contributed by atoms with Gasteiger partial charge in [0.1, 0.15) is 5.75 Å². The lowest BCUT2D eigenvalue weighted by molar-refractivity contribution is -0.144. The van der Waals surface area contributed by atoms with Crippen molar-refractivity contribution in [2.24, 2.45) is 12.2 Å². The molecule has 0 unspecified atom stereocenters. The minimum atomic E-state index is -3.85. The number of benzene rings is 1. The molecule has 0 saturated carbocycles. The Bertz CT molecular complexity index is 1050. The zero-order chi connectivity index (χ0) is 21.2. The summed E-state index contributed by atoms with van der Waals surface area (Å²) in [5.41, 5.74) is 0.849. The molecule has 0 saturated heterocycles. The van der Waals surface area contributed by atoms with Crippen LogP contribution in [0.4, 0.5) is 0 Å². The molecule has 2 aromatic rings. The summed E-state index contributed by atoms with van der Waals surface area (Å²) in [5, 5.41) is 19.2. The average Bonchev–Trinajstić information content (AvgIpc) is 2.82. The monoisotopic (exact) mass is 449 g/mol. The smallest absolute Gasteiger partial charge is 0.344 e. The van der Waals surface area contributed by atoms with Crippen molar-refractivity contribution in [3.63, 3.8) is 0 Å². The number of sulfonamides is 1. The molecule has 0 spiro atoms. The van der Waals surface area contributed by atoms with Gasteiger partial charge in [-0.1, -0.05) is 23.2 Å². The van der Waals surface area contributed by atoms with Crippen LogP contribution in [0.25, 0.3) is 6.08 Å². The van der Waals surface area contributed by atoms with Crippen molar-refractivity contribution in [2.45, 2.75) is 20.0 Å². The van der Waals surface area contributed by atoms with Gasteiger partial charge < -0.3 is 14.6 Å². The standard InChI is InChI=1S/C16H17Cl2N3O6S/c1-8-10(4-5-28(19,24)25)15(21(3)20-8)27-14-7-13(11(17)6-12(14)18)26-9(2)16(22)23/h4-7,9H,1-3H3,(H,22,23)(H2,19,24,25)/t9-/m0/s1. The number of halogens is 2. The molecular weight excluding hydrogens is 433 g/mol. The van der Waals surface area contributed by atoms with E-state index in [1.807, 2.05) is 0 Å². The summed E-state index contributed by atoms with van der Waals surface area (Å²) in [7, 11) is -2.27. The maximum absolute atomic E-state index is 11.2. The molecule has 0 aliphatic heterocycles. The number of primary sulfonamides is 1. The third kappa shape index (κ3) is 5.38. The van der Waals surface area contributed by atoms with Crippen molar-refractivity contribution in [3.8, 4) is 17.4 Å². The largest absolute Gasteiger partial charge is 0.479 e. The van der Waals surface area contributed by atoms with E-state index in [4.69, 9.17) is 42.9 Å². The molecule has 2 rings (SSSR count). The van der Waals surface area contributed by atoms with Gasteiger partial charge in [-0.25, -0.2) is 23.0 Å². The van der Waals surface area contributed by atoms with Crippen LogP contribution in [0, 0.1) is 6.92 Å². The Hall–Kier alpha value is -2.27. The highest BCUT2D eigenvalue weighted by molar-refractivity contribution is 7.92. The van der Waals surface area contributed by atoms with Crippen LogP contribution in [0.3, 0.4) is 0 Å². The molecule has 1 aromatic carbocycles. The van der Waals surface area contributed by atoms with Gasteiger partial charge in [-0.3, -0.25) is 0 Å². The molecule has 9 nitrogen and oxygen atoms in total. The first-order chi connectivity index (χ1) is 12.9. The van der Waals surface area contributed by atoms with E-state index >= 15 is 0 Å².